The van der Waals surface area contributed by atoms with Crippen molar-refractivity contribution in [1.82, 2.24) is 5.16 Å². The minimum Gasteiger partial charge on any atom is -0.461 e. The number of aromatic nitrogens is 1. The molecule has 0 N–H and O–H groups in total. The van der Waals surface area contributed by atoms with Crippen LogP contribution in [0.15, 0.2) is 10.6 Å². The van der Waals surface area contributed by atoms with Gasteiger partial charge in [-0.3, -0.25) is 0 Å². The van der Waals surface area contributed by atoms with E-state index in [9.17, 15) is 4.79 Å². The molecule has 0 atom stereocenters. The topological polar surface area (TPSA) is 55.6 Å². The Morgan fingerprint density at radius 2 is 2.13 bits per heavy atom. The summed E-state index contributed by atoms with van der Waals surface area (Å²) in [6.07, 6.45) is 0. The molecule has 0 saturated heterocycles. The highest BCUT2D eigenvalue weighted by molar-refractivity contribution is 5.87. The largest absolute Gasteiger partial charge is 0.461 e. The van der Waals surface area contributed by atoms with Gasteiger partial charge >= 0.3 is 5.97 Å². The van der Waals surface area contributed by atoms with Crippen LogP contribution in [0, 0.1) is 0 Å². The lowest BCUT2D eigenvalue weighted by atomic mass is 10.4. The van der Waals surface area contributed by atoms with Gasteiger partial charge in [-0.1, -0.05) is 5.16 Å². The molecule has 0 aliphatic rings. The van der Waals surface area contributed by atoms with Gasteiger partial charge in [0, 0.05) is 19.2 Å². The number of carbonyl (C=O) groups is 1. The van der Waals surface area contributed by atoms with Crippen LogP contribution in [-0.2, 0) is 4.74 Å². The maximum absolute atomic E-state index is 11.3. The van der Waals surface area contributed by atoms with Crippen LogP contribution in [0.5, 0.6) is 0 Å². The molecule has 1 heterocycles. The number of hydrogen-bond donors (Lipinski definition) is 0. The second kappa shape index (κ2) is 5.38. The average molecular weight is 212 g/mol. The lowest BCUT2D eigenvalue weighted by Crippen LogP contribution is -2.21. The molecule has 0 unspecified atom stereocenters. The Balaban J connectivity index is 2.75. The third-order valence-electron chi connectivity index (χ3n) is 2.06. The number of esters is 1. The number of hydrogen-bond acceptors (Lipinski definition) is 5. The molecule has 0 radical (unpaired) electrons. The number of anilines is 1. The number of ether oxygens (including phenoxy) is 1. The first-order valence-corrected chi connectivity index (χ1v) is 5.11. The summed E-state index contributed by atoms with van der Waals surface area (Å²) >= 11 is 0. The van der Waals surface area contributed by atoms with Gasteiger partial charge in [-0.25, -0.2) is 4.79 Å². The van der Waals surface area contributed by atoms with E-state index >= 15 is 0 Å². The van der Waals surface area contributed by atoms with Gasteiger partial charge in [0.15, 0.2) is 5.69 Å². The van der Waals surface area contributed by atoms with Crippen LogP contribution in [-0.4, -0.2) is 30.8 Å². The molecular weight excluding hydrogens is 196 g/mol. The number of rotatable bonds is 5. The zero-order valence-electron chi connectivity index (χ0n) is 9.32. The fraction of sp³-hybridized carbons (Fsp3) is 0.600. The van der Waals surface area contributed by atoms with E-state index in [2.05, 4.69) is 5.16 Å². The van der Waals surface area contributed by atoms with Crippen LogP contribution < -0.4 is 4.90 Å². The van der Waals surface area contributed by atoms with Gasteiger partial charge in [0.25, 0.3) is 0 Å². The molecule has 0 aliphatic heterocycles. The summed E-state index contributed by atoms with van der Waals surface area (Å²) in [6.45, 7) is 7.74. The molecule has 0 fully saturated rings. The fourth-order valence-corrected chi connectivity index (χ4v) is 1.25. The maximum Gasteiger partial charge on any atom is 0.360 e. The third-order valence-corrected chi connectivity index (χ3v) is 2.06. The highest BCUT2D eigenvalue weighted by atomic mass is 16.5. The van der Waals surface area contributed by atoms with Crippen molar-refractivity contribution < 1.29 is 14.1 Å². The van der Waals surface area contributed by atoms with Gasteiger partial charge in [0.2, 0.25) is 5.88 Å². The van der Waals surface area contributed by atoms with E-state index in [1.54, 1.807) is 13.0 Å². The Hall–Kier alpha value is -1.52. The number of carbonyl (C=O) groups excluding carboxylic acids is 1. The molecule has 5 nitrogen and oxygen atoms in total. The van der Waals surface area contributed by atoms with Gasteiger partial charge in [0.05, 0.1) is 6.61 Å². The first kappa shape index (κ1) is 11.6. The van der Waals surface area contributed by atoms with Crippen LogP contribution >= 0.6 is 0 Å². The van der Waals surface area contributed by atoms with Crippen molar-refractivity contribution in [3.05, 3.63) is 11.8 Å². The third kappa shape index (κ3) is 2.71. The molecule has 0 amide bonds. The Kier molecular flexibility index (Phi) is 4.15. The summed E-state index contributed by atoms with van der Waals surface area (Å²) in [5, 5.41) is 3.66. The van der Waals surface area contributed by atoms with Crippen LogP contribution in [0.1, 0.15) is 31.3 Å². The van der Waals surface area contributed by atoms with E-state index in [-0.39, 0.29) is 5.69 Å². The Morgan fingerprint density at radius 1 is 1.47 bits per heavy atom. The maximum atomic E-state index is 11.3. The smallest absolute Gasteiger partial charge is 0.360 e. The van der Waals surface area contributed by atoms with Gasteiger partial charge in [-0.05, 0) is 20.8 Å². The van der Waals surface area contributed by atoms with E-state index in [4.69, 9.17) is 9.26 Å². The lowest BCUT2D eigenvalue weighted by molar-refractivity contribution is 0.0514. The molecular formula is C10H16N2O3. The molecule has 1 aromatic heterocycles. The highest BCUT2D eigenvalue weighted by Gasteiger charge is 2.15. The van der Waals surface area contributed by atoms with Crippen LogP contribution in [0.3, 0.4) is 0 Å². The van der Waals surface area contributed by atoms with E-state index in [0.717, 1.165) is 13.1 Å². The molecule has 1 aromatic rings. The first-order chi connectivity index (χ1) is 7.22. The monoisotopic (exact) mass is 212 g/mol. The molecule has 0 spiro atoms. The fourth-order valence-electron chi connectivity index (χ4n) is 1.25. The van der Waals surface area contributed by atoms with Crippen molar-refractivity contribution in [3.63, 3.8) is 0 Å². The molecule has 84 valence electrons. The van der Waals surface area contributed by atoms with Crippen molar-refractivity contribution in [2.45, 2.75) is 20.8 Å². The van der Waals surface area contributed by atoms with Crippen molar-refractivity contribution in [1.29, 1.82) is 0 Å². The standard InChI is InChI=1S/C10H16N2O3/c1-4-12(5-2)9-7-8(11-15-9)10(13)14-6-3/h7H,4-6H2,1-3H3. The van der Waals surface area contributed by atoms with Crippen molar-refractivity contribution in [2.75, 3.05) is 24.6 Å². The number of nitrogens with zero attached hydrogens (tertiary/aromatic N) is 2. The van der Waals surface area contributed by atoms with Gasteiger partial charge in [-0.2, -0.15) is 0 Å². The molecule has 0 aromatic carbocycles. The molecule has 5 heteroatoms. The van der Waals surface area contributed by atoms with Crippen LogP contribution in [0.2, 0.25) is 0 Å². The van der Waals surface area contributed by atoms with Crippen LogP contribution in [0.25, 0.3) is 0 Å². The van der Waals surface area contributed by atoms with Crippen molar-refractivity contribution in [2.24, 2.45) is 0 Å². The lowest BCUT2D eigenvalue weighted by Gasteiger charge is -2.15. The Morgan fingerprint density at radius 3 is 2.67 bits per heavy atom. The zero-order chi connectivity index (χ0) is 11.3. The molecule has 1 rings (SSSR count). The van der Waals surface area contributed by atoms with E-state index in [0.29, 0.717) is 12.5 Å². The summed E-state index contributed by atoms with van der Waals surface area (Å²) in [7, 11) is 0. The van der Waals surface area contributed by atoms with Gasteiger partial charge in [0.1, 0.15) is 0 Å². The second-order valence-corrected chi connectivity index (χ2v) is 2.94. The van der Waals surface area contributed by atoms with E-state index in [1.807, 2.05) is 18.7 Å². The zero-order valence-corrected chi connectivity index (χ0v) is 9.32. The summed E-state index contributed by atoms with van der Waals surface area (Å²) in [6, 6.07) is 1.60. The normalized spacial score (nSPS) is 10.1. The summed E-state index contributed by atoms with van der Waals surface area (Å²) in [5.74, 6) is 0.155. The molecule has 0 saturated carbocycles. The second-order valence-electron chi connectivity index (χ2n) is 2.94. The molecule has 15 heavy (non-hydrogen) atoms. The SMILES string of the molecule is CCOC(=O)c1cc(N(CC)CC)on1. The van der Waals surface area contributed by atoms with Crippen molar-refractivity contribution in [3.8, 4) is 0 Å². The highest BCUT2D eigenvalue weighted by Crippen LogP contribution is 2.15. The predicted molar refractivity (Wildman–Crippen MR) is 56.0 cm³/mol. The Labute approximate surface area is 89.0 Å². The van der Waals surface area contributed by atoms with E-state index in [1.165, 1.54) is 0 Å². The first-order valence-electron chi connectivity index (χ1n) is 5.11. The van der Waals surface area contributed by atoms with Gasteiger partial charge < -0.3 is 14.2 Å². The minimum absolute atomic E-state index is 0.221. The summed E-state index contributed by atoms with van der Waals surface area (Å²) in [4.78, 5) is 13.3. The minimum atomic E-state index is -0.445. The van der Waals surface area contributed by atoms with Crippen LogP contribution in [0.4, 0.5) is 5.88 Å². The summed E-state index contributed by atoms with van der Waals surface area (Å²) < 4.78 is 9.86. The van der Waals surface area contributed by atoms with Gasteiger partial charge in [-0.15, -0.1) is 0 Å². The predicted octanol–water partition coefficient (Wildman–Crippen LogP) is 1.70. The summed E-state index contributed by atoms with van der Waals surface area (Å²) in [5.41, 5.74) is 0.221. The quantitative estimate of drug-likeness (QED) is 0.695. The Bertz CT molecular complexity index is 318. The average Bonchev–Trinajstić information content (AvgIpc) is 2.69. The van der Waals surface area contributed by atoms with Crippen molar-refractivity contribution >= 4 is 11.9 Å². The molecule has 0 bridgehead atoms. The molecule has 0 aliphatic carbocycles. The van der Waals surface area contributed by atoms with E-state index < -0.39 is 5.97 Å².